The third kappa shape index (κ3) is 19.1. The van der Waals surface area contributed by atoms with Crippen LogP contribution in [0.5, 0.6) is 0 Å². The van der Waals surface area contributed by atoms with Gasteiger partial charge in [-0.3, -0.25) is 34.0 Å². The lowest BCUT2D eigenvalue weighted by Gasteiger charge is -2.30. The van der Waals surface area contributed by atoms with Crippen molar-refractivity contribution in [2.45, 2.75) is 82.1 Å². The molecule has 22 nitrogen and oxygen atoms in total. The van der Waals surface area contributed by atoms with Crippen molar-refractivity contribution in [2.75, 3.05) is 52.4 Å². The highest BCUT2D eigenvalue weighted by Crippen LogP contribution is 2.21. The smallest absolute Gasteiger partial charge is 0.246 e. The summed E-state index contributed by atoms with van der Waals surface area (Å²) in [5.41, 5.74) is 5.49. The molecular weight excluding hydrogens is 807 g/mol. The van der Waals surface area contributed by atoms with Gasteiger partial charge in [0.2, 0.25) is 44.5 Å². The Labute approximate surface area is 348 Å². The van der Waals surface area contributed by atoms with Crippen LogP contribution in [0, 0.1) is 0 Å². The van der Waals surface area contributed by atoms with Crippen LogP contribution in [0.15, 0.2) is 54.1 Å². The van der Waals surface area contributed by atoms with Gasteiger partial charge in [-0.2, -0.15) is 0 Å². The summed E-state index contributed by atoms with van der Waals surface area (Å²) in [7, 11) is -3.52. The van der Waals surface area contributed by atoms with E-state index in [4.69, 9.17) is 19.9 Å². The van der Waals surface area contributed by atoms with E-state index in [1.54, 1.807) is 41.2 Å². The second kappa shape index (κ2) is 23.4. The number of aryl methyl sites for hydroxylation is 1. The van der Waals surface area contributed by atoms with Crippen LogP contribution in [0.2, 0.25) is 0 Å². The number of sulfone groups is 1. The van der Waals surface area contributed by atoms with E-state index in [-0.39, 0.29) is 38.1 Å². The zero-order chi connectivity index (χ0) is 44.3. The quantitative estimate of drug-likeness (QED) is 0.0247. The third-order valence-corrected chi connectivity index (χ3v) is 9.36. The molecule has 5 amide bonds. The number of rotatable bonds is 27. The van der Waals surface area contributed by atoms with Gasteiger partial charge < -0.3 is 46.3 Å². The molecule has 2 heterocycles. The van der Waals surface area contributed by atoms with Gasteiger partial charge in [-0.05, 0) is 46.1 Å². The molecule has 2 aromatic heterocycles. The van der Waals surface area contributed by atoms with Gasteiger partial charge in [0.1, 0.15) is 31.3 Å². The Morgan fingerprint density at radius 1 is 0.883 bits per heavy atom. The number of aliphatic hydroxyl groups is 1. The molecule has 8 N–H and O–H groups in total. The molecule has 60 heavy (non-hydrogen) atoms. The molecule has 0 radical (unpaired) electrons. The second-order valence-corrected chi connectivity index (χ2v) is 16.7. The highest BCUT2D eigenvalue weighted by Gasteiger charge is 2.25. The number of ether oxygens (including phenoxy) is 3. The predicted molar refractivity (Wildman–Crippen MR) is 214 cm³/mol. The monoisotopic (exact) mass is 861 g/mol. The fourth-order valence-electron chi connectivity index (χ4n) is 5.04. The van der Waals surface area contributed by atoms with Gasteiger partial charge in [-0.15, -0.1) is 5.10 Å². The standard InChI is InChI=1S/C37H55N11O11S/c1-36(2,11-13-48-21-28(46-47-48)26-16-42-35(43-17-26)60(5,55)56)58-14-12-37(3,4)59-23-33(53)40-18-30(50)39-20-32(52)45-27(15-25-9-7-6-8-10-25)34(54)41-19-31(51)44-24-57-22-29(38)49/h6-10,16-17,21,27,33,40,53H,11-15,18-20,22-24H2,1-5H3,(H2,38,49)(H,39,50)(H,41,54)(H,44,51)(H,45,52)/t27-,33?/m0/s1. The number of nitrogens with two attached hydrogens (primary N) is 1. The Balaban J connectivity index is 1.34. The van der Waals surface area contributed by atoms with Crippen molar-refractivity contribution in [3.63, 3.8) is 0 Å². The summed E-state index contributed by atoms with van der Waals surface area (Å²) in [6, 6.07) is 7.77. The highest BCUT2D eigenvalue weighted by atomic mass is 32.2. The fraction of sp³-hybridized carbons (Fsp3) is 0.541. The van der Waals surface area contributed by atoms with Crippen LogP contribution in [0.4, 0.5) is 0 Å². The maximum atomic E-state index is 12.9. The minimum Gasteiger partial charge on any atom is -0.376 e. The van der Waals surface area contributed by atoms with Crippen molar-refractivity contribution in [2.24, 2.45) is 5.73 Å². The van der Waals surface area contributed by atoms with Gasteiger partial charge in [0.15, 0.2) is 0 Å². The van der Waals surface area contributed by atoms with E-state index in [0.717, 1.165) is 11.8 Å². The Bertz CT molecular complexity index is 1980. The van der Waals surface area contributed by atoms with Gasteiger partial charge in [0.05, 0.1) is 50.2 Å². The van der Waals surface area contributed by atoms with E-state index in [1.807, 2.05) is 27.7 Å². The first-order valence-electron chi connectivity index (χ1n) is 18.8. The Hall–Kier alpha value is -5.46. The van der Waals surface area contributed by atoms with Gasteiger partial charge in [-0.1, -0.05) is 35.5 Å². The first kappa shape index (κ1) is 48.9. The van der Waals surface area contributed by atoms with E-state index in [0.29, 0.717) is 37.3 Å². The van der Waals surface area contributed by atoms with Crippen LogP contribution < -0.4 is 32.3 Å². The molecule has 3 aromatic rings. The van der Waals surface area contributed by atoms with E-state index in [2.05, 4.69) is 46.9 Å². The van der Waals surface area contributed by atoms with Crippen molar-refractivity contribution in [1.82, 2.24) is 51.5 Å². The molecule has 3 rings (SSSR count). The number of hydrogen-bond acceptors (Lipinski definition) is 16. The Morgan fingerprint density at radius 2 is 1.53 bits per heavy atom. The lowest BCUT2D eigenvalue weighted by atomic mass is 10.0. The lowest BCUT2D eigenvalue weighted by molar-refractivity contribution is -0.131. The van der Waals surface area contributed by atoms with Crippen LogP contribution in [0.1, 0.15) is 46.1 Å². The van der Waals surface area contributed by atoms with Gasteiger partial charge in [-0.25, -0.2) is 18.4 Å². The fourth-order valence-corrected chi connectivity index (χ4v) is 5.53. The SMILES string of the molecule is CC(C)(CCn1cc(-c2cnc(S(C)(=O)=O)nc2)nn1)OCCC(C)(C)OCC(O)NCC(=O)NCC(=O)N[C@@H](Cc1ccccc1)C(=O)NCC(=O)NCOCC(N)=O. The molecule has 1 aromatic carbocycles. The second-order valence-electron chi connectivity index (χ2n) is 14.8. The van der Waals surface area contributed by atoms with E-state index >= 15 is 0 Å². The molecule has 0 spiro atoms. The number of hydrogen-bond donors (Lipinski definition) is 7. The molecule has 2 atom stereocenters. The number of benzene rings is 1. The number of nitrogens with one attached hydrogen (secondary N) is 5. The van der Waals surface area contributed by atoms with E-state index in [1.165, 1.54) is 12.4 Å². The van der Waals surface area contributed by atoms with Crippen LogP contribution in [0.25, 0.3) is 11.3 Å². The number of amides is 5. The maximum Gasteiger partial charge on any atom is 0.246 e. The van der Waals surface area contributed by atoms with E-state index < -0.39 is 75.9 Å². The van der Waals surface area contributed by atoms with Crippen LogP contribution in [-0.4, -0.2) is 144 Å². The van der Waals surface area contributed by atoms with Crippen LogP contribution in [-0.2, 0) is 61.0 Å². The topological polar surface area (TPSA) is 310 Å². The lowest BCUT2D eigenvalue weighted by Crippen LogP contribution is -2.52. The minimum absolute atomic E-state index is 0.0985. The predicted octanol–water partition coefficient (Wildman–Crippen LogP) is -2.05. The number of carbonyl (C=O) groups excluding carboxylic acids is 5. The van der Waals surface area contributed by atoms with E-state index in [9.17, 15) is 37.5 Å². The van der Waals surface area contributed by atoms with Gasteiger partial charge in [0, 0.05) is 37.2 Å². The number of primary amides is 1. The molecule has 1 unspecified atom stereocenters. The average molecular weight is 862 g/mol. The highest BCUT2D eigenvalue weighted by molar-refractivity contribution is 7.90. The molecule has 0 fully saturated rings. The number of carbonyl (C=O) groups is 5. The number of nitrogens with zero attached hydrogens (tertiary/aromatic N) is 5. The minimum atomic E-state index is -3.52. The first-order chi connectivity index (χ1) is 28.2. The normalized spacial score (nSPS) is 12.9. The molecule has 0 saturated carbocycles. The van der Waals surface area contributed by atoms with Crippen molar-refractivity contribution < 1.29 is 51.7 Å². The molecule has 0 bridgehead atoms. The molecular formula is C37H55N11O11S. The summed E-state index contributed by atoms with van der Waals surface area (Å²) >= 11 is 0. The Morgan fingerprint density at radius 3 is 2.20 bits per heavy atom. The van der Waals surface area contributed by atoms with Gasteiger partial charge in [0.25, 0.3) is 0 Å². The maximum absolute atomic E-state index is 12.9. The van der Waals surface area contributed by atoms with Crippen molar-refractivity contribution in [1.29, 1.82) is 0 Å². The summed E-state index contributed by atoms with van der Waals surface area (Å²) in [5, 5.41) is 30.8. The third-order valence-electron chi connectivity index (χ3n) is 8.48. The average Bonchev–Trinajstić information content (AvgIpc) is 3.67. The first-order valence-corrected chi connectivity index (χ1v) is 20.7. The summed E-state index contributed by atoms with van der Waals surface area (Å²) in [6.45, 7) is 6.35. The van der Waals surface area contributed by atoms with Crippen molar-refractivity contribution >= 4 is 39.4 Å². The zero-order valence-corrected chi connectivity index (χ0v) is 35.1. The number of aliphatic hydroxyl groups excluding tert-OH is 1. The summed E-state index contributed by atoms with van der Waals surface area (Å²) in [5.74, 6) is -3.23. The number of aromatic nitrogens is 5. The molecule has 330 valence electrons. The molecule has 0 aliphatic heterocycles. The molecule has 0 aliphatic rings. The largest absolute Gasteiger partial charge is 0.376 e. The summed E-state index contributed by atoms with van der Waals surface area (Å²) in [4.78, 5) is 68.7. The summed E-state index contributed by atoms with van der Waals surface area (Å²) in [6.07, 6.45) is 5.48. The Kier molecular flexibility index (Phi) is 19.0. The van der Waals surface area contributed by atoms with Crippen molar-refractivity contribution in [3.8, 4) is 11.3 Å². The molecule has 23 heteroatoms. The zero-order valence-electron chi connectivity index (χ0n) is 34.3. The van der Waals surface area contributed by atoms with Crippen molar-refractivity contribution in [3.05, 3.63) is 54.5 Å². The van der Waals surface area contributed by atoms with Gasteiger partial charge >= 0.3 is 0 Å². The molecule has 0 saturated heterocycles. The summed E-state index contributed by atoms with van der Waals surface area (Å²) < 4.78 is 41.7. The van der Waals surface area contributed by atoms with Crippen LogP contribution in [0.3, 0.4) is 0 Å². The molecule has 0 aliphatic carbocycles. The van der Waals surface area contributed by atoms with Crippen LogP contribution >= 0.6 is 0 Å².